The predicted octanol–water partition coefficient (Wildman–Crippen LogP) is 3.53. The highest BCUT2D eigenvalue weighted by atomic mass is 35.5. The molecule has 0 atom stereocenters. The maximum Gasteiger partial charge on any atom is 0.227 e. The second kappa shape index (κ2) is 5.45. The first-order chi connectivity index (χ1) is 9.76. The normalized spacial score (nSPS) is 10.7. The lowest BCUT2D eigenvalue weighted by atomic mass is 10.1. The Hall–Kier alpha value is -2.17. The number of pyridine rings is 2. The molecule has 20 heavy (non-hydrogen) atoms. The predicted molar refractivity (Wildman–Crippen MR) is 79.0 cm³/mol. The van der Waals surface area contributed by atoms with Gasteiger partial charge in [0.05, 0.1) is 16.9 Å². The van der Waals surface area contributed by atoms with Crippen molar-refractivity contribution in [1.29, 1.82) is 0 Å². The molecule has 5 heteroatoms. The van der Waals surface area contributed by atoms with Crippen molar-refractivity contribution in [3.05, 3.63) is 59.5 Å². The van der Waals surface area contributed by atoms with Crippen LogP contribution < -0.4 is 10.5 Å². The number of ether oxygens (including phenoxy) is 1. The smallest absolute Gasteiger partial charge is 0.227 e. The number of nitrogens with two attached hydrogens (primary N) is 1. The Morgan fingerprint density at radius 2 is 2.00 bits per heavy atom. The zero-order valence-electron chi connectivity index (χ0n) is 10.6. The van der Waals surface area contributed by atoms with Crippen LogP contribution in [-0.4, -0.2) is 9.97 Å². The molecule has 0 amide bonds. The fraction of sp³-hybridized carbons (Fsp3) is 0.0667. The first-order valence-corrected chi connectivity index (χ1v) is 6.51. The molecule has 0 bridgehead atoms. The summed E-state index contributed by atoms with van der Waals surface area (Å²) < 4.78 is 5.80. The zero-order chi connectivity index (χ0) is 13.9. The van der Waals surface area contributed by atoms with Crippen LogP contribution in [0.4, 0.5) is 0 Å². The van der Waals surface area contributed by atoms with Gasteiger partial charge in [-0.3, -0.25) is 4.98 Å². The van der Waals surface area contributed by atoms with Crippen molar-refractivity contribution in [2.24, 2.45) is 5.73 Å². The maximum atomic E-state index is 5.90. The minimum Gasteiger partial charge on any atom is -0.437 e. The van der Waals surface area contributed by atoms with Gasteiger partial charge in [-0.2, -0.15) is 0 Å². The van der Waals surface area contributed by atoms with Gasteiger partial charge in [-0.1, -0.05) is 29.8 Å². The summed E-state index contributed by atoms with van der Waals surface area (Å²) in [5.74, 6) is 1.05. The first kappa shape index (κ1) is 12.8. The number of hydrogen-bond donors (Lipinski definition) is 1. The molecule has 2 N–H and O–H groups in total. The fourth-order valence-corrected chi connectivity index (χ4v) is 2.13. The molecule has 0 saturated heterocycles. The Labute approximate surface area is 121 Å². The summed E-state index contributed by atoms with van der Waals surface area (Å²) in [4.78, 5) is 8.42. The molecular weight excluding hydrogens is 274 g/mol. The van der Waals surface area contributed by atoms with E-state index in [4.69, 9.17) is 22.1 Å². The number of hydrogen-bond acceptors (Lipinski definition) is 4. The average molecular weight is 286 g/mol. The van der Waals surface area contributed by atoms with Gasteiger partial charge in [0.15, 0.2) is 0 Å². The number of aromatic nitrogens is 2. The molecule has 4 nitrogen and oxygen atoms in total. The lowest BCUT2D eigenvalue weighted by Gasteiger charge is -2.09. The van der Waals surface area contributed by atoms with Crippen molar-refractivity contribution >= 4 is 22.4 Å². The summed E-state index contributed by atoms with van der Waals surface area (Å²) in [6, 6.07) is 11.5. The van der Waals surface area contributed by atoms with E-state index in [1.54, 1.807) is 18.5 Å². The highest BCUT2D eigenvalue weighted by molar-refractivity contribution is 6.30. The molecule has 0 aliphatic rings. The quantitative estimate of drug-likeness (QED) is 0.799. The minimum atomic E-state index is 0.356. The van der Waals surface area contributed by atoms with Crippen LogP contribution in [0.25, 0.3) is 10.8 Å². The number of benzene rings is 1. The largest absolute Gasteiger partial charge is 0.437 e. The van der Waals surface area contributed by atoms with E-state index in [0.717, 1.165) is 16.5 Å². The van der Waals surface area contributed by atoms with Crippen LogP contribution in [-0.2, 0) is 6.54 Å². The molecule has 100 valence electrons. The van der Waals surface area contributed by atoms with Crippen molar-refractivity contribution < 1.29 is 4.74 Å². The van der Waals surface area contributed by atoms with Crippen LogP contribution in [0, 0.1) is 0 Å². The highest BCUT2D eigenvalue weighted by Gasteiger charge is 2.08. The van der Waals surface area contributed by atoms with Gasteiger partial charge in [-0.05, 0) is 17.5 Å². The molecule has 0 saturated carbocycles. The summed E-state index contributed by atoms with van der Waals surface area (Å²) >= 11 is 5.90. The monoisotopic (exact) mass is 285 g/mol. The van der Waals surface area contributed by atoms with Crippen LogP contribution in [0.3, 0.4) is 0 Å². The first-order valence-electron chi connectivity index (χ1n) is 6.13. The molecule has 0 unspecified atom stereocenters. The van der Waals surface area contributed by atoms with Crippen molar-refractivity contribution in [3.63, 3.8) is 0 Å². The standard InChI is InChI=1S/C15H12ClN3O/c16-11-6-13(9-18-8-11)20-15-14-4-2-1-3-10(14)5-12(7-17)19-15/h1-6,8-9H,7,17H2. The van der Waals surface area contributed by atoms with Crippen molar-refractivity contribution in [1.82, 2.24) is 9.97 Å². The van der Waals surface area contributed by atoms with E-state index < -0.39 is 0 Å². The Morgan fingerprint density at radius 1 is 1.15 bits per heavy atom. The maximum absolute atomic E-state index is 5.90. The lowest BCUT2D eigenvalue weighted by molar-refractivity contribution is 0.465. The van der Waals surface area contributed by atoms with E-state index in [0.29, 0.717) is 23.2 Å². The van der Waals surface area contributed by atoms with Crippen LogP contribution in [0.2, 0.25) is 5.02 Å². The Bertz CT molecular complexity index is 761. The van der Waals surface area contributed by atoms with Crippen LogP contribution in [0.1, 0.15) is 5.69 Å². The van der Waals surface area contributed by atoms with Crippen LogP contribution in [0.5, 0.6) is 11.6 Å². The average Bonchev–Trinajstić information content (AvgIpc) is 2.47. The van der Waals surface area contributed by atoms with Gasteiger partial charge >= 0.3 is 0 Å². The fourth-order valence-electron chi connectivity index (χ4n) is 1.96. The van der Waals surface area contributed by atoms with Crippen molar-refractivity contribution in [2.75, 3.05) is 0 Å². The van der Waals surface area contributed by atoms with Crippen LogP contribution in [0.15, 0.2) is 48.8 Å². The molecule has 2 aromatic heterocycles. The number of nitrogens with zero attached hydrogens (tertiary/aromatic N) is 2. The second-order valence-corrected chi connectivity index (χ2v) is 4.72. The highest BCUT2D eigenvalue weighted by Crippen LogP contribution is 2.29. The summed E-state index contributed by atoms with van der Waals surface area (Å²) in [5.41, 5.74) is 6.45. The van der Waals surface area contributed by atoms with Gasteiger partial charge in [0.25, 0.3) is 0 Å². The van der Waals surface area contributed by atoms with Crippen LogP contribution >= 0.6 is 11.6 Å². The third-order valence-corrected chi connectivity index (χ3v) is 3.07. The molecule has 3 rings (SSSR count). The Balaban J connectivity index is 2.10. The SMILES string of the molecule is NCc1cc2ccccc2c(Oc2cncc(Cl)c2)n1. The van der Waals surface area contributed by atoms with Gasteiger partial charge < -0.3 is 10.5 Å². The summed E-state index contributed by atoms with van der Waals surface area (Å²) in [6.45, 7) is 0.356. The molecule has 0 aliphatic carbocycles. The van der Waals surface area contributed by atoms with E-state index in [1.807, 2.05) is 30.3 Å². The molecule has 1 aromatic carbocycles. The zero-order valence-corrected chi connectivity index (χ0v) is 11.3. The number of rotatable bonds is 3. The minimum absolute atomic E-state index is 0.356. The third-order valence-electron chi connectivity index (χ3n) is 2.86. The summed E-state index contributed by atoms with van der Waals surface area (Å²) in [7, 11) is 0. The van der Waals surface area contributed by atoms with Gasteiger partial charge in [-0.15, -0.1) is 0 Å². The van der Waals surface area contributed by atoms with Crippen molar-refractivity contribution in [2.45, 2.75) is 6.54 Å². The van der Waals surface area contributed by atoms with Gasteiger partial charge in [-0.25, -0.2) is 4.98 Å². The third kappa shape index (κ3) is 2.57. The van der Waals surface area contributed by atoms with E-state index in [1.165, 1.54) is 0 Å². The summed E-state index contributed by atoms with van der Waals surface area (Å²) in [6.07, 6.45) is 3.15. The summed E-state index contributed by atoms with van der Waals surface area (Å²) in [5, 5.41) is 2.47. The Kier molecular flexibility index (Phi) is 3.50. The molecule has 0 fully saturated rings. The van der Waals surface area contributed by atoms with Crippen molar-refractivity contribution in [3.8, 4) is 11.6 Å². The Morgan fingerprint density at radius 3 is 2.80 bits per heavy atom. The lowest BCUT2D eigenvalue weighted by Crippen LogP contribution is -2.01. The second-order valence-electron chi connectivity index (χ2n) is 4.28. The molecule has 2 heterocycles. The van der Waals surface area contributed by atoms with E-state index in [-0.39, 0.29) is 0 Å². The van der Waals surface area contributed by atoms with Gasteiger partial charge in [0, 0.05) is 24.2 Å². The molecule has 0 aliphatic heterocycles. The molecule has 0 radical (unpaired) electrons. The van der Waals surface area contributed by atoms with E-state index in [2.05, 4.69) is 9.97 Å². The topological polar surface area (TPSA) is 61.0 Å². The molecular formula is C15H12ClN3O. The van der Waals surface area contributed by atoms with Gasteiger partial charge in [0.2, 0.25) is 5.88 Å². The number of halogens is 1. The van der Waals surface area contributed by atoms with E-state index in [9.17, 15) is 0 Å². The molecule has 3 aromatic rings. The van der Waals surface area contributed by atoms with Gasteiger partial charge in [0.1, 0.15) is 5.75 Å². The molecule has 0 spiro atoms. The van der Waals surface area contributed by atoms with E-state index >= 15 is 0 Å². The number of fused-ring (bicyclic) bond motifs is 1.